The lowest BCUT2D eigenvalue weighted by Gasteiger charge is -2.09. The minimum absolute atomic E-state index is 0.204. The van der Waals surface area contributed by atoms with E-state index in [1.54, 1.807) is 13.0 Å². The molecule has 0 spiro atoms. The predicted molar refractivity (Wildman–Crippen MR) is 73.8 cm³/mol. The summed E-state index contributed by atoms with van der Waals surface area (Å²) in [6.07, 6.45) is 1.30. The van der Waals surface area contributed by atoms with Gasteiger partial charge in [0.2, 0.25) is 0 Å². The predicted octanol–water partition coefficient (Wildman–Crippen LogP) is 3.23. The molecule has 0 saturated carbocycles. The molecule has 0 unspecified atom stereocenters. The van der Waals surface area contributed by atoms with E-state index in [9.17, 15) is 17.2 Å². The number of pyridine rings is 1. The maximum atomic E-state index is 13.1. The number of aryl methyl sites for hydroxylation is 1. The van der Waals surface area contributed by atoms with Crippen molar-refractivity contribution in [2.24, 2.45) is 0 Å². The van der Waals surface area contributed by atoms with Crippen LogP contribution >= 0.6 is 15.9 Å². The summed E-state index contributed by atoms with van der Waals surface area (Å²) < 4.78 is 53.0. The van der Waals surface area contributed by atoms with Crippen molar-refractivity contribution in [3.05, 3.63) is 52.3 Å². The third-order valence-electron chi connectivity index (χ3n) is 2.41. The average Bonchev–Trinajstić information content (AvgIpc) is 2.32. The summed E-state index contributed by atoms with van der Waals surface area (Å²) in [4.78, 5) is 3.44. The number of aromatic nitrogens is 1. The zero-order valence-electron chi connectivity index (χ0n) is 10.2. The quantitative estimate of drug-likeness (QED) is 0.852. The molecular weight excluding hydrogens is 354 g/mol. The molecule has 2 aromatic rings. The molecule has 0 radical (unpaired) electrons. The van der Waals surface area contributed by atoms with Crippen molar-refractivity contribution in [2.45, 2.75) is 11.8 Å². The van der Waals surface area contributed by atoms with Crippen LogP contribution in [0.3, 0.4) is 0 Å². The Kier molecular flexibility index (Phi) is 4.05. The van der Waals surface area contributed by atoms with Crippen molar-refractivity contribution in [2.75, 3.05) is 4.72 Å². The van der Waals surface area contributed by atoms with Crippen molar-refractivity contribution in [1.82, 2.24) is 4.98 Å². The lowest BCUT2D eigenvalue weighted by molar-refractivity contribution is 0.568. The largest absolute Gasteiger partial charge is 0.278 e. The van der Waals surface area contributed by atoms with Crippen LogP contribution in [0.25, 0.3) is 0 Å². The second-order valence-electron chi connectivity index (χ2n) is 4.04. The minimum Gasteiger partial charge on any atom is -0.278 e. The lowest BCUT2D eigenvalue weighted by Crippen LogP contribution is -2.14. The summed E-state index contributed by atoms with van der Waals surface area (Å²) in [5.41, 5.74) is 0.922. The van der Waals surface area contributed by atoms with E-state index >= 15 is 0 Å². The topological polar surface area (TPSA) is 59.1 Å². The van der Waals surface area contributed by atoms with Crippen molar-refractivity contribution in [3.8, 4) is 0 Å². The van der Waals surface area contributed by atoms with Gasteiger partial charge in [0.1, 0.15) is 16.2 Å². The Morgan fingerprint density at radius 3 is 2.30 bits per heavy atom. The molecule has 20 heavy (non-hydrogen) atoms. The van der Waals surface area contributed by atoms with Gasteiger partial charge in [-0.25, -0.2) is 22.2 Å². The second kappa shape index (κ2) is 5.45. The number of halogens is 3. The summed E-state index contributed by atoms with van der Waals surface area (Å²) >= 11 is 3.19. The highest BCUT2D eigenvalue weighted by atomic mass is 79.9. The first-order chi connectivity index (χ1) is 9.28. The minimum atomic E-state index is -4.07. The molecule has 8 heteroatoms. The fraction of sp³-hybridized carbons (Fsp3) is 0.0833. The third kappa shape index (κ3) is 3.31. The molecule has 0 fully saturated rings. The van der Waals surface area contributed by atoms with E-state index in [2.05, 4.69) is 25.6 Å². The number of sulfonamides is 1. The Balaban J connectivity index is 2.37. The van der Waals surface area contributed by atoms with Gasteiger partial charge in [-0.05, 0) is 46.6 Å². The van der Waals surface area contributed by atoms with Gasteiger partial charge < -0.3 is 0 Å². The van der Waals surface area contributed by atoms with Crippen molar-refractivity contribution < 1.29 is 17.2 Å². The molecule has 0 aliphatic heterocycles. The highest BCUT2D eigenvalue weighted by Gasteiger charge is 2.17. The SMILES string of the molecule is Cc1cc(NS(=O)(=O)c2cc(F)cc(F)c2)cnc1Br. The number of rotatable bonds is 3. The van der Waals surface area contributed by atoms with Gasteiger partial charge in [-0.15, -0.1) is 0 Å². The van der Waals surface area contributed by atoms with E-state index in [1.165, 1.54) is 6.20 Å². The van der Waals surface area contributed by atoms with Crippen LogP contribution in [0, 0.1) is 18.6 Å². The molecule has 0 saturated heterocycles. The number of nitrogens with zero attached hydrogens (tertiary/aromatic N) is 1. The maximum Gasteiger partial charge on any atom is 0.262 e. The molecule has 2 rings (SSSR count). The highest BCUT2D eigenvalue weighted by molar-refractivity contribution is 9.10. The fourth-order valence-electron chi connectivity index (χ4n) is 1.51. The van der Waals surface area contributed by atoms with Gasteiger partial charge >= 0.3 is 0 Å². The third-order valence-corrected chi connectivity index (χ3v) is 4.60. The standard InChI is InChI=1S/C12H9BrF2N2O2S/c1-7-2-10(6-16-12(7)13)17-20(18,19)11-4-8(14)3-9(15)5-11/h2-6,17H,1H3. The Morgan fingerprint density at radius 1 is 1.15 bits per heavy atom. The molecule has 1 N–H and O–H groups in total. The first-order valence-corrected chi connectivity index (χ1v) is 7.66. The number of benzene rings is 1. The van der Waals surface area contributed by atoms with Gasteiger partial charge in [0, 0.05) is 6.07 Å². The highest BCUT2D eigenvalue weighted by Crippen LogP contribution is 2.21. The molecule has 1 heterocycles. The number of nitrogens with one attached hydrogen (secondary N) is 1. The van der Waals surface area contributed by atoms with Crippen LogP contribution < -0.4 is 4.72 Å². The van der Waals surface area contributed by atoms with Crippen LogP contribution in [0.4, 0.5) is 14.5 Å². The fourth-order valence-corrected chi connectivity index (χ4v) is 2.80. The zero-order chi connectivity index (χ0) is 14.9. The smallest absolute Gasteiger partial charge is 0.262 e. The Labute approximate surface area is 123 Å². The molecule has 0 atom stereocenters. The molecule has 0 aliphatic carbocycles. The summed E-state index contributed by atoms with van der Waals surface area (Å²) in [7, 11) is -4.07. The van der Waals surface area contributed by atoms with Gasteiger partial charge in [-0.3, -0.25) is 4.72 Å². The normalized spacial score (nSPS) is 11.4. The van der Waals surface area contributed by atoms with Gasteiger partial charge in [0.25, 0.3) is 10.0 Å². The number of hydrogen-bond acceptors (Lipinski definition) is 3. The summed E-state index contributed by atoms with van der Waals surface area (Å²) in [5, 5.41) is 0. The van der Waals surface area contributed by atoms with E-state index in [4.69, 9.17) is 0 Å². The summed E-state index contributed by atoms with van der Waals surface area (Å²) in [6, 6.07) is 3.63. The molecule has 1 aromatic carbocycles. The Bertz CT molecular complexity index is 746. The van der Waals surface area contributed by atoms with E-state index in [0.29, 0.717) is 10.7 Å². The average molecular weight is 363 g/mol. The maximum absolute atomic E-state index is 13.1. The van der Waals surface area contributed by atoms with Crippen LogP contribution in [-0.4, -0.2) is 13.4 Å². The Hall–Kier alpha value is -1.54. The summed E-state index contributed by atoms with van der Waals surface area (Å²) in [6.45, 7) is 1.73. The van der Waals surface area contributed by atoms with Crippen LogP contribution in [0.15, 0.2) is 40.0 Å². The molecule has 1 aromatic heterocycles. The van der Waals surface area contributed by atoms with Gasteiger partial charge in [-0.1, -0.05) is 0 Å². The first kappa shape index (κ1) is 14.9. The van der Waals surface area contributed by atoms with E-state index in [1.807, 2.05) is 0 Å². The number of hydrogen-bond donors (Lipinski definition) is 1. The molecule has 0 amide bonds. The van der Waals surface area contributed by atoms with Crippen LogP contribution in [0.2, 0.25) is 0 Å². The van der Waals surface area contributed by atoms with Crippen molar-refractivity contribution >= 4 is 31.6 Å². The van der Waals surface area contributed by atoms with E-state index in [-0.39, 0.29) is 5.69 Å². The van der Waals surface area contributed by atoms with Crippen molar-refractivity contribution in [1.29, 1.82) is 0 Å². The second-order valence-corrected chi connectivity index (χ2v) is 6.48. The number of anilines is 1. The van der Waals surface area contributed by atoms with E-state index < -0.39 is 26.6 Å². The van der Waals surface area contributed by atoms with Crippen LogP contribution in [-0.2, 0) is 10.0 Å². The summed E-state index contributed by atoms with van der Waals surface area (Å²) in [5.74, 6) is -1.93. The van der Waals surface area contributed by atoms with Crippen LogP contribution in [0.1, 0.15) is 5.56 Å². The van der Waals surface area contributed by atoms with E-state index in [0.717, 1.165) is 17.7 Å². The van der Waals surface area contributed by atoms with Gasteiger partial charge in [0.05, 0.1) is 16.8 Å². The monoisotopic (exact) mass is 362 g/mol. The molecule has 0 bridgehead atoms. The molecule has 106 valence electrons. The zero-order valence-corrected chi connectivity index (χ0v) is 12.6. The van der Waals surface area contributed by atoms with Gasteiger partial charge in [0.15, 0.2) is 0 Å². The van der Waals surface area contributed by atoms with Gasteiger partial charge in [-0.2, -0.15) is 0 Å². The van der Waals surface area contributed by atoms with Crippen LogP contribution in [0.5, 0.6) is 0 Å². The lowest BCUT2D eigenvalue weighted by atomic mass is 10.3. The Morgan fingerprint density at radius 2 is 1.75 bits per heavy atom. The molecule has 4 nitrogen and oxygen atoms in total. The molecule has 0 aliphatic rings. The first-order valence-electron chi connectivity index (χ1n) is 5.39. The van der Waals surface area contributed by atoms with Crippen molar-refractivity contribution in [3.63, 3.8) is 0 Å². The molecular formula is C12H9BrF2N2O2S.